The van der Waals surface area contributed by atoms with Gasteiger partial charge in [0.2, 0.25) is 0 Å². The summed E-state index contributed by atoms with van der Waals surface area (Å²) in [4.78, 5) is 9.53. The van der Waals surface area contributed by atoms with E-state index in [9.17, 15) is 13.0 Å². The highest BCUT2D eigenvalue weighted by Crippen LogP contribution is 2.48. The topological polar surface area (TPSA) is 82.5 Å². The number of thiazole rings is 1. The first-order valence-electron chi connectivity index (χ1n) is 17.0. The van der Waals surface area contributed by atoms with Crippen LogP contribution in [0.5, 0.6) is 0 Å². The van der Waals surface area contributed by atoms with Crippen molar-refractivity contribution in [2.24, 2.45) is 0 Å². The molecule has 0 unspecified atom stereocenters. The van der Waals surface area contributed by atoms with Gasteiger partial charge in [0.05, 0.1) is 33.9 Å². The van der Waals surface area contributed by atoms with Crippen LogP contribution in [-0.2, 0) is 16.7 Å². The quantitative estimate of drug-likeness (QED) is 0.111. The molecule has 0 aliphatic carbocycles. The predicted octanol–water partition coefficient (Wildman–Crippen LogP) is 9.66. The van der Waals surface area contributed by atoms with Crippen LogP contribution in [0.25, 0.3) is 43.6 Å². The van der Waals surface area contributed by atoms with Crippen LogP contribution >= 0.6 is 22.9 Å². The predicted molar refractivity (Wildman–Crippen MR) is 213 cm³/mol. The average molecular weight is 745 g/mol. The number of imidazole rings is 1. The van der Waals surface area contributed by atoms with E-state index in [1.807, 2.05) is 91.0 Å². The highest BCUT2D eigenvalue weighted by molar-refractivity contribution is 7.85. The van der Waals surface area contributed by atoms with Gasteiger partial charge in [0.15, 0.2) is 11.0 Å². The van der Waals surface area contributed by atoms with Crippen molar-refractivity contribution in [3.8, 4) is 16.3 Å². The molecule has 0 fully saturated rings. The van der Waals surface area contributed by atoms with Gasteiger partial charge in [-0.2, -0.15) is 13.0 Å². The van der Waals surface area contributed by atoms with Crippen molar-refractivity contribution in [1.82, 2.24) is 9.55 Å². The van der Waals surface area contributed by atoms with Gasteiger partial charge in [-0.3, -0.25) is 9.45 Å². The Morgan fingerprint density at radius 3 is 2.33 bits per heavy atom. The van der Waals surface area contributed by atoms with Gasteiger partial charge in [-0.15, -0.1) is 11.3 Å². The second-order valence-corrected chi connectivity index (χ2v) is 15.5. The molecular weight excluding hydrogens is 710 g/mol. The molecule has 7 aromatic rings. The van der Waals surface area contributed by atoms with E-state index in [1.54, 1.807) is 11.3 Å². The standard InChI is InChI=1S/C41H34ClN5O3S2/c1-2-44-36-27-29(41-43-33-17-9-10-18-38(33)51-41)21-23-34(36)46(31-13-5-3-6-14-31)39(44)19-11-20-40-45(25-12-26-52(48,49)50)37-28-30(42)22-24-35(37)47(40)32-15-7-4-8-16-32/h3-11,13-24,27-28H,2,12,25-26H2,1H3/p+1. The molecule has 8 rings (SSSR count). The second-order valence-electron chi connectivity index (χ2n) is 12.4. The summed E-state index contributed by atoms with van der Waals surface area (Å²) >= 11 is 8.21. The zero-order valence-corrected chi connectivity index (χ0v) is 30.7. The van der Waals surface area contributed by atoms with Crippen LogP contribution in [0.2, 0.25) is 5.02 Å². The first-order chi connectivity index (χ1) is 25.3. The second kappa shape index (κ2) is 14.0. The van der Waals surface area contributed by atoms with E-state index in [1.165, 1.54) is 0 Å². The third-order valence-electron chi connectivity index (χ3n) is 9.15. The van der Waals surface area contributed by atoms with E-state index in [0.29, 0.717) is 11.6 Å². The molecule has 1 aliphatic heterocycles. The molecule has 0 saturated heterocycles. The molecule has 1 N–H and O–H groups in total. The lowest BCUT2D eigenvalue weighted by molar-refractivity contribution is -0.673. The molecule has 3 heterocycles. The molecule has 0 spiro atoms. The number of rotatable bonds is 10. The van der Waals surface area contributed by atoms with Gasteiger partial charge in [0.25, 0.3) is 15.9 Å². The third kappa shape index (κ3) is 6.50. The Hall–Kier alpha value is -5.26. The normalized spacial score (nSPS) is 14.0. The van der Waals surface area contributed by atoms with Crippen molar-refractivity contribution in [3.63, 3.8) is 0 Å². The van der Waals surface area contributed by atoms with Crippen LogP contribution in [-0.4, -0.2) is 34.8 Å². The smallest absolute Gasteiger partial charge is 0.287 e. The summed E-state index contributed by atoms with van der Waals surface area (Å²) in [6, 6.07) is 40.9. The fourth-order valence-corrected chi connectivity index (χ4v) is 8.54. The summed E-state index contributed by atoms with van der Waals surface area (Å²) in [6.07, 6.45) is 6.44. The number of para-hydroxylation sites is 3. The van der Waals surface area contributed by atoms with Crippen LogP contribution in [0, 0.1) is 0 Å². The number of benzene rings is 5. The summed E-state index contributed by atoms with van der Waals surface area (Å²) in [5.74, 6) is 1.48. The number of aromatic nitrogens is 3. The summed E-state index contributed by atoms with van der Waals surface area (Å²) in [5, 5.41) is 1.56. The maximum atomic E-state index is 11.7. The van der Waals surface area contributed by atoms with E-state index in [-0.39, 0.29) is 12.2 Å². The maximum Gasteiger partial charge on any atom is 0.287 e. The van der Waals surface area contributed by atoms with Crippen LogP contribution < -0.4 is 14.4 Å². The molecule has 52 heavy (non-hydrogen) atoms. The minimum Gasteiger partial charge on any atom is -0.326 e. The van der Waals surface area contributed by atoms with Crippen molar-refractivity contribution in [2.75, 3.05) is 22.1 Å². The first-order valence-corrected chi connectivity index (χ1v) is 19.8. The van der Waals surface area contributed by atoms with Gasteiger partial charge >= 0.3 is 0 Å². The summed E-state index contributed by atoms with van der Waals surface area (Å²) in [7, 11) is -4.13. The average Bonchev–Trinajstić information content (AvgIpc) is 3.81. The molecule has 8 nitrogen and oxygen atoms in total. The Labute approximate surface area is 311 Å². The molecule has 1 aliphatic rings. The number of allylic oxidation sites excluding steroid dienone is 2. The van der Waals surface area contributed by atoms with E-state index >= 15 is 0 Å². The van der Waals surface area contributed by atoms with Gasteiger partial charge in [0.1, 0.15) is 16.5 Å². The molecule has 0 radical (unpaired) electrons. The lowest BCUT2D eigenvalue weighted by Crippen LogP contribution is -2.37. The third-order valence-corrected chi connectivity index (χ3v) is 11.3. The minimum atomic E-state index is -4.13. The maximum absolute atomic E-state index is 11.7. The molecule has 0 amide bonds. The van der Waals surface area contributed by atoms with Crippen molar-refractivity contribution in [2.45, 2.75) is 19.9 Å². The van der Waals surface area contributed by atoms with E-state index < -0.39 is 10.1 Å². The number of halogens is 1. The fraction of sp³-hybridized carbons (Fsp3) is 0.122. The van der Waals surface area contributed by atoms with Gasteiger partial charge in [0, 0.05) is 41.4 Å². The van der Waals surface area contributed by atoms with Crippen molar-refractivity contribution in [1.29, 1.82) is 0 Å². The number of fused-ring (bicyclic) bond motifs is 3. The van der Waals surface area contributed by atoms with Crippen LogP contribution in [0.1, 0.15) is 19.2 Å². The largest absolute Gasteiger partial charge is 0.326 e. The van der Waals surface area contributed by atoms with Gasteiger partial charge in [-0.25, -0.2) is 9.55 Å². The highest BCUT2D eigenvalue weighted by Gasteiger charge is 2.32. The van der Waals surface area contributed by atoms with Crippen LogP contribution in [0.4, 0.5) is 17.1 Å². The lowest BCUT2D eigenvalue weighted by atomic mass is 10.1. The van der Waals surface area contributed by atoms with E-state index in [0.717, 1.165) is 72.8 Å². The molecular formula is C41H35ClN5O3S2+. The molecule has 5 aromatic carbocycles. The Morgan fingerprint density at radius 2 is 1.60 bits per heavy atom. The van der Waals surface area contributed by atoms with Gasteiger partial charge in [-0.1, -0.05) is 66.2 Å². The molecule has 260 valence electrons. The molecule has 0 atom stereocenters. The summed E-state index contributed by atoms with van der Waals surface area (Å²) in [6.45, 7) is 3.24. The highest BCUT2D eigenvalue weighted by atomic mass is 35.5. The minimum absolute atomic E-state index is 0.226. The number of aryl methyl sites for hydroxylation is 1. The Morgan fingerprint density at radius 1 is 0.865 bits per heavy atom. The number of hydrogen-bond donors (Lipinski definition) is 1. The first kappa shape index (κ1) is 33.9. The van der Waals surface area contributed by atoms with Crippen molar-refractivity contribution >= 4 is 77.4 Å². The fourth-order valence-electron chi connectivity index (χ4n) is 6.91. The Balaban J connectivity index is 1.26. The van der Waals surface area contributed by atoms with Crippen LogP contribution in [0.3, 0.4) is 0 Å². The van der Waals surface area contributed by atoms with Crippen molar-refractivity contribution in [3.05, 3.63) is 150 Å². The molecule has 2 aromatic heterocycles. The van der Waals surface area contributed by atoms with Gasteiger partial charge < -0.3 is 4.90 Å². The Kier molecular flexibility index (Phi) is 9.15. The van der Waals surface area contributed by atoms with Crippen LogP contribution in [0.15, 0.2) is 139 Å². The number of hydrogen-bond acceptors (Lipinski definition) is 6. The van der Waals surface area contributed by atoms with E-state index in [2.05, 4.69) is 74.4 Å². The SMILES string of the molecule is CCN1/C(=C/C=C/c2n(-c3ccccc3)c3ccc(Cl)cc3[n+]2CCCS(=O)(=O)O)N(c2ccccc2)c2ccc(-c3nc4ccccc4s3)cc21. The monoisotopic (exact) mass is 744 g/mol. The number of anilines is 3. The summed E-state index contributed by atoms with van der Waals surface area (Å²) < 4.78 is 38.3. The van der Waals surface area contributed by atoms with E-state index in [4.69, 9.17) is 16.6 Å². The summed E-state index contributed by atoms with van der Waals surface area (Å²) in [5.41, 5.74) is 8.01. The van der Waals surface area contributed by atoms with Crippen molar-refractivity contribution < 1.29 is 17.5 Å². The van der Waals surface area contributed by atoms with Gasteiger partial charge in [-0.05, 0) is 79.7 Å². The lowest BCUT2D eigenvalue weighted by Gasteiger charge is -2.24. The Bertz CT molecular complexity index is 2570. The zero-order chi connectivity index (χ0) is 35.8. The molecule has 11 heteroatoms. The zero-order valence-electron chi connectivity index (χ0n) is 28.3. The number of nitrogens with zero attached hydrogens (tertiary/aromatic N) is 5. The molecule has 0 bridgehead atoms. The molecule has 0 saturated carbocycles.